The maximum Gasteiger partial charge on any atom is 0.120 e. The standard InChI is InChI=1S/C20H22ClNO.H2/c21-19-9-5-4-8-17(19)20(23,16-6-2-1-3-7-16)18-14-22-12-10-15(18)11-13-22;/h1-9,15,18,23H,10-14H2;1H. The van der Waals surface area contributed by atoms with Gasteiger partial charge in [-0.25, -0.2) is 0 Å². The highest BCUT2D eigenvalue weighted by atomic mass is 35.5. The molecule has 2 bridgehead atoms. The summed E-state index contributed by atoms with van der Waals surface area (Å²) < 4.78 is 0. The number of nitrogens with zero attached hydrogens (tertiary/aromatic N) is 1. The van der Waals surface area contributed by atoms with Crippen LogP contribution in [-0.4, -0.2) is 29.6 Å². The summed E-state index contributed by atoms with van der Waals surface area (Å²) in [5.41, 5.74) is 0.766. The van der Waals surface area contributed by atoms with Crippen LogP contribution in [0.5, 0.6) is 0 Å². The summed E-state index contributed by atoms with van der Waals surface area (Å²) in [4.78, 5) is 2.48. The Morgan fingerprint density at radius 3 is 2.26 bits per heavy atom. The van der Waals surface area contributed by atoms with Crippen LogP contribution in [0.2, 0.25) is 5.02 Å². The van der Waals surface area contributed by atoms with Crippen LogP contribution >= 0.6 is 11.6 Å². The van der Waals surface area contributed by atoms with Crippen molar-refractivity contribution in [3.05, 3.63) is 70.7 Å². The second-order valence-corrected chi connectivity index (χ2v) is 7.26. The van der Waals surface area contributed by atoms with Gasteiger partial charge < -0.3 is 10.0 Å². The molecule has 2 atom stereocenters. The third kappa shape index (κ3) is 2.50. The molecule has 3 aliphatic heterocycles. The zero-order valence-corrected chi connectivity index (χ0v) is 13.9. The molecular formula is C20H24ClNO. The summed E-state index contributed by atoms with van der Waals surface area (Å²) >= 11 is 6.51. The molecule has 3 fully saturated rings. The fraction of sp³-hybridized carbons (Fsp3) is 0.400. The summed E-state index contributed by atoms with van der Waals surface area (Å²) in [7, 11) is 0. The van der Waals surface area contributed by atoms with Gasteiger partial charge in [-0.3, -0.25) is 0 Å². The van der Waals surface area contributed by atoms with Crippen LogP contribution in [0.4, 0.5) is 0 Å². The molecule has 3 saturated heterocycles. The van der Waals surface area contributed by atoms with Crippen LogP contribution in [-0.2, 0) is 5.60 Å². The number of hydrogen-bond acceptors (Lipinski definition) is 2. The summed E-state index contributed by atoms with van der Waals surface area (Å²) in [5.74, 6) is 0.744. The van der Waals surface area contributed by atoms with E-state index in [2.05, 4.69) is 4.90 Å². The number of aliphatic hydroxyl groups is 1. The molecule has 2 nitrogen and oxygen atoms in total. The van der Waals surface area contributed by atoms with Crippen molar-refractivity contribution in [1.82, 2.24) is 4.90 Å². The van der Waals surface area contributed by atoms with Gasteiger partial charge in [-0.2, -0.15) is 0 Å². The van der Waals surface area contributed by atoms with E-state index in [1.165, 1.54) is 12.8 Å². The average Bonchev–Trinajstić information content (AvgIpc) is 2.63. The molecule has 0 amide bonds. The molecule has 1 N–H and O–H groups in total. The molecule has 5 rings (SSSR count). The van der Waals surface area contributed by atoms with Crippen molar-refractivity contribution in [2.24, 2.45) is 11.8 Å². The third-order valence-corrected chi connectivity index (χ3v) is 6.02. The van der Waals surface area contributed by atoms with E-state index in [9.17, 15) is 5.11 Å². The summed E-state index contributed by atoms with van der Waals surface area (Å²) in [5, 5.41) is 12.6. The number of fused-ring (bicyclic) bond motifs is 3. The van der Waals surface area contributed by atoms with E-state index in [0.717, 1.165) is 30.8 Å². The first-order chi connectivity index (χ1) is 11.2. The van der Waals surface area contributed by atoms with E-state index in [1.807, 2.05) is 54.6 Å². The molecule has 3 heteroatoms. The molecule has 0 spiro atoms. The fourth-order valence-electron chi connectivity index (χ4n) is 4.47. The molecule has 2 aromatic carbocycles. The van der Waals surface area contributed by atoms with E-state index >= 15 is 0 Å². The minimum atomic E-state index is -1.02. The Morgan fingerprint density at radius 2 is 1.65 bits per heavy atom. The summed E-state index contributed by atoms with van der Waals surface area (Å²) in [6, 6.07) is 17.8. The molecule has 122 valence electrons. The molecule has 2 aromatic rings. The van der Waals surface area contributed by atoms with Gasteiger partial charge in [0.25, 0.3) is 0 Å². The number of piperidine rings is 3. The van der Waals surface area contributed by atoms with Gasteiger partial charge in [0.05, 0.1) is 0 Å². The lowest BCUT2D eigenvalue weighted by Gasteiger charge is -2.51. The van der Waals surface area contributed by atoms with Crippen molar-refractivity contribution >= 4 is 11.6 Å². The monoisotopic (exact) mass is 329 g/mol. The third-order valence-electron chi connectivity index (χ3n) is 5.69. The fourth-order valence-corrected chi connectivity index (χ4v) is 4.75. The lowest BCUT2D eigenvalue weighted by Crippen LogP contribution is -2.55. The van der Waals surface area contributed by atoms with Crippen LogP contribution < -0.4 is 0 Å². The number of hydrogen-bond donors (Lipinski definition) is 1. The Bertz CT molecular complexity index is 687. The van der Waals surface area contributed by atoms with Crippen molar-refractivity contribution in [2.45, 2.75) is 18.4 Å². The topological polar surface area (TPSA) is 23.5 Å². The highest BCUT2D eigenvalue weighted by Crippen LogP contribution is 2.48. The molecule has 23 heavy (non-hydrogen) atoms. The normalized spacial score (nSPS) is 29.2. The lowest BCUT2D eigenvalue weighted by molar-refractivity contribution is -0.0763. The van der Waals surface area contributed by atoms with Gasteiger partial charge in [0.15, 0.2) is 0 Å². The molecule has 0 saturated carbocycles. The van der Waals surface area contributed by atoms with Gasteiger partial charge in [-0.1, -0.05) is 60.1 Å². The van der Waals surface area contributed by atoms with Crippen molar-refractivity contribution < 1.29 is 6.53 Å². The highest BCUT2D eigenvalue weighted by Gasteiger charge is 2.49. The summed E-state index contributed by atoms with van der Waals surface area (Å²) in [6.45, 7) is 3.27. The zero-order chi connectivity index (χ0) is 15.9. The minimum Gasteiger partial charge on any atom is -0.380 e. The van der Waals surface area contributed by atoms with Gasteiger partial charge in [0, 0.05) is 24.5 Å². The Hall–Kier alpha value is -1.35. The van der Waals surface area contributed by atoms with E-state index < -0.39 is 5.60 Å². The molecule has 0 aliphatic carbocycles. The van der Waals surface area contributed by atoms with Crippen molar-refractivity contribution in [1.29, 1.82) is 0 Å². The van der Waals surface area contributed by atoms with E-state index in [4.69, 9.17) is 11.6 Å². The summed E-state index contributed by atoms with van der Waals surface area (Å²) in [6.07, 6.45) is 2.34. The van der Waals surface area contributed by atoms with Crippen molar-refractivity contribution in [2.75, 3.05) is 19.6 Å². The Kier molecular flexibility index (Phi) is 3.92. The van der Waals surface area contributed by atoms with Crippen LogP contribution in [0.1, 0.15) is 25.4 Å². The Labute approximate surface area is 144 Å². The minimum absolute atomic E-state index is 0. The first kappa shape index (κ1) is 15.2. The van der Waals surface area contributed by atoms with Crippen molar-refractivity contribution in [3.8, 4) is 0 Å². The SMILES string of the molecule is OC(c1ccccc1)(c1ccccc1Cl)C1CN2CCC1CC2.[HH]. The highest BCUT2D eigenvalue weighted by molar-refractivity contribution is 6.31. The maximum absolute atomic E-state index is 12.0. The van der Waals surface area contributed by atoms with E-state index in [1.54, 1.807) is 0 Å². The molecule has 0 radical (unpaired) electrons. The first-order valence-electron chi connectivity index (χ1n) is 8.45. The predicted octanol–water partition coefficient (Wildman–Crippen LogP) is 4.16. The van der Waals surface area contributed by atoms with Gasteiger partial charge in [0.1, 0.15) is 5.60 Å². The average molecular weight is 330 g/mol. The van der Waals surface area contributed by atoms with Crippen LogP contribution in [0, 0.1) is 11.8 Å². The lowest BCUT2D eigenvalue weighted by atomic mass is 9.65. The van der Waals surface area contributed by atoms with Gasteiger partial charge in [-0.15, -0.1) is 0 Å². The molecule has 3 heterocycles. The van der Waals surface area contributed by atoms with Crippen molar-refractivity contribution in [3.63, 3.8) is 0 Å². The second-order valence-electron chi connectivity index (χ2n) is 6.86. The van der Waals surface area contributed by atoms with Crippen LogP contribution in [0.3, 0.4) is 0 Å². The van der Waals surface area contributed by atoms with Crippen LogP contribution in [0.25, 0.3) is 0 Å². The van der Waals surface area contributed by atoms with E-state index in [-0.39, 0.29) is 7.34 Å². The Morgan fingerprint density at radius 1 is 1.00 bits per heavy atom. The molecule has 0 aromatic heterocycles. The van der Waals surface area contributed by atoms with Gasteiger partial charge in [-0.05, 0) is 43.5 Å². The number of benzene rings is 2. The zero-order valence-electron chi connectivity index (χ0n) is 13.2. The van der Waals surface area contributed by atoms with Crippen LogP contribution in [0.15, 0.2) is 54.6 Å². The van der Waals surface area contributed by atoms with Gasteiger partial charge in [0.2, 0.25) is 0 Å². The first-order valence-corrected chi connectivity index (χ1v) is 8.82. The van der Waals surface area contributed by atoms with E-state index in [0.29, 0.717) is 10.9 Å². The largest absolute Gasteiger partial charge is 0.380 e. The second kappa shape index (κ2) is 5.94. The smallest absolute Gasteiger partial charge is 0.120 e. The molecule has 3 aliphatic rings. The van der Waals surface area contributed by atoms with Gasteiger partial charge >= 0.3 is 0 Å². The quantitative estimate of drug-likeness (QED) is 0.913. The number of rotatable bonds is 3. The Balaban J connectivity index is 0.00000169. The number of halogens is 1. The molecular weight excluding hydrogens is 306 g/mol. The molecule has 2 unspecified atom stereocenters. The predicted molar refractivity (Wildman–Crippen MR) is 95.7 cm³/mol. The maximum atomic E-state index is 12.0.